The molecule has 0 saturated heterocycles. The Hall–Kier alpha value is -1.51. The Morgan fingerprint density at radius 3 is 2.53 bits per heavy atom. The first-order valence-corrected chi connectivity index (χ1v) is 5.01. The van der Waals surface area contributed by atoms with Crippen LogP contribution in [0.5, 0.6) is 5.75 Å². The van der Waals surface area contributed by atoms with Gasteiger partial charge in [-0.15, -0.1) is 0 Å². The molecule has 0 aliphatic carbocycles. The van der Waals surface area contributed by atoms with Crippen molar-refractivity contribution in [3.05, 3.63) is 29.3 Å². The third-order valence-corrected chi connectivity index (χ3v) is 2.15. The number of ether oxygens (including phenoxy) is 1. The van der Waals surface area contributed by atoms with Crippen molar-refractivity contribution in [2.45, 2.75) is 13.8 Å². The lowest BCUT2D eigenvalue weighted by Gasteiger charge is -2.13. The second-order valence-corrected chi connectivity index (χ2v) is 3.61. The Kier molecular flexibility index (Phi) is 3.72. The molecule has 0 bridgehead atoms. The van der Waals surface area contributed by atoms with Crippen LogP contribution in [0, 0.1) is 6.92 Å². The highest BCUT2D eigenvalue weighted by molar-refractivity contribution is 5.95. The van der Waals surface area contributed by atoms with Crippen LogP contribution in [0.2, 0.25) is 0 Å². The van der Waals surface area contributed by atoms with Gasteiger partial charge in [-0.2, -0.15) is 0 Å². The van der Waals surface area contributed by atoms with E-state index in [9.17, 15) is 4.79 Å². The molecule has 0 atom stereocenters. The van der Waals surface area contributed by atoms with Crippen molar-refractivity contribution in [1.29, 1.82) is 0 Å². The van der Waals surface area contributed by atoms with Crippen LogP contribution in [0.1, 0.15) is 22.8 Å². The van der Waals surface area contributed by atoms with Gasteiger partial charge in [0.25, 0.3) is 5.91 Å². The number of aryl methyl sites for hydroxylation is 1. The van der Waals surface area contributed by atoms with E-state index < -0.39 is 0 Å². The number of nitrogens with zero attached hydrogens (tertiary/aromatic N) is 1. The van der Waals surface area contributed by atoms with Crippen LogP contribution in [0.4, 0.5) is 0 Å². The lowest BCUT2D eigenvalue weighted by Crippen LogP contribution is -2.22. The first kappa shape index (κ1) is 11.6. The zero-order chi connectivity index (χ0) is 11.4. The first-order valence-electron chi connectivity index (χ1n) is 5.01. The predicted molar refractivity (Wildman–Crippen MR) is 60.4 cm³/mol. The standard InChI is InChI=1S/C12H17NO2/c1-5-15-10-6-7-11(9(2)8-10)12(14)13(3)4/h6-8H,5H2,1-4H3. The molecule has 0 radical (unpaired) electrons. The van der Waals surface area contributed by atoms with Crippen LogP contribution in [-0.2, 0) is 0 Å². The second-order valence-electron chi connectivity index (χ2n) is 3.61. The Morgan fingerprint density at radius 1 is 1.40 bits per heavy atom. The third kappa shape index (κ3) is 2.72. The van der Waals surface area contributed by atoms with Gasteiger partial charge in [-0.25, -0.2) is 0 Å². The number of rotatable bonds is 3. The monoisotopic (exact) mass is 207 g/mol. The Balaban J connectivity index is 2.97. The van der Waals surface area contributed by atoms with Crippen molar-refractivity contribution in [3.8, 4) is 5.75 Å². The molecule has 3 nitrogen and oxygen atoms in total. The molecule has 0 N–H and O–H groups in total. The summed E-state index contributed by atoms with van der Waals surface area (Å²) >= 11 is 0. The van der Waals surface area contributed by atoms with E-state index >= 15 is 0 Å². The molecule has 0 spiro atoms. The number of hydrogen-bond acceptors (Lipinski definition) is 2. The SMILES string of the molecule is CCOc1ccc(C(=O)N(C)C)c(C)c1. The summed E-state index contributed by atoms with van der Waals surface area (Å²) in [5.74, 6) is 0.834. The molecule has 0 saturated carbocycles. The molecule has 0 aromatic heterocycles. The van der Waals surface area contributed by atoms with Crippen molar-refractivity contribution in [2.24, 2.45) is 0 Å². The molecule has 82 valence electrons. The summed E-state index contributed by atoms with van der Waals surface area (Å²) < 4.78 is 5.36. The normalized spacial score (nSPS) is 9.87. The molecular formula is C12H17NO2. The van der Waals surface area contributed by atoms with Gasteiger partial charge in [0.05, 0.1) is 6.61 Å². The fourth-order valence-electron chi connectivity index (χ4n) is 1.37. The maximum atomic E-state index is 11.7. The van der Waals surface area contributed by atoms with E-state index in [4.69, 9.17) is 4.74 Å². The quantitative estimate of drug-likeness (QED) is 0.759. The van der Waals surface area contributed by atoms with Crippen molar-refractivity contribution < 1.29 is 9.53 Å². The zero-order valence-corrected chi connectivity index (χ0v) is 9.70. The van der Waals surface area contributed by atoms with Crippen LogP contribution in [0.25, 0.3) is 0 Å². The summed E-state index contributed by atoms with van der Waals surface area (Å²) in [5.41, 5.74) is 1.67. The summed E-state index contributed by atoms with van der Waals surface area (Å²) in [5, 5.41) is 0. The Bertz CT molecular complexity index is 359. The van der Waals surface area contributed by atoms with Gasteiger partial charge < -0.3 is 9.64 Å². The molecule has 0 fully saturated rings. The van der Waals surface area contributed by atoms with Crippen LogP contribution in [-0.4, -0.2) is 31.5 Å². The van der Waals surface area contributed by atoms with Gasteiger partial charge in [-0.1, -0.05) is 0 Å². The number of carbonyl (C=O) groups excluding carboxylic acids is 1. The molecule has 3 heteroatoms. The molecule has 0 unspecified atom stereocenters. The van der Waals surface area contributed by atoms with Crippen molar-refractivity contribution in [1.82, 2.24) is 4.90 Å². The van der Waals surface area contributed by atoms with E-state index in [2.05, 4.69) is 0 Å². The summed E-state index contributed by atoms with van der Waals surface area (Å²) in [6.07, 6.45) is 0. The lowest BCUT2D eigenvalue weighted by molar-refractivity contribution is 0.0827. The number of carbonyl (C=O) groups is 1. The van der Waals surface area contributed by atoms with E-state index in [1.807, 2.05) is 32.0 Å². The fourth-order valence-corrected chi connectivity index (χ4v) is 1.37. The zero-order valence-electron chi connectivity index (χ0n) is 9.70. The third-order valence-electron chi connectivity index (χ3n) is 2.15. The van der Waals surface area contributed by atoms with E-state index in [1.54, 1.807) is 19.0 Å². The number of amides is 1. The van der Waals surface area contributed by atoms with Gasteiger partial charge in [-0.3, -0.25) is 4.79 Å². The molecule has 1 rings (SSSR count). The van der Waals surface area contributed by atoms with Gasteiger partial charge in [0.15, 0.2) is 0 Å². The van der Waals surface area contributed by atoms with Crippen LogP contribution in [0.15, 0.2) is 18.2 Å². The van der Waals surface area contributed by atoms with Crippen molar-refractivity contribution in [3.63, 3.8) is 0 Å². The summed E-state index contributed by atoms with van der Waals surface area (Å²) in [6, 6.07) is 5.52. The van der Waals surface area contributed by atoms with E-state index in [1.165, 1.54) is 0 Å². The Morgan fingerprint density at radius 2 is 2.07 bits per heavy atom. The topological polar surface area (TPSA) is 29.5 Å². The summed E-state index contributed by atoms with van der Waals surface area (Å²) in [4.78, 5) is 13.3. The van der Waals surface area contributed by atoms with Crippen molar-refractivity contribution in [2.75, 3.05) is 20.7 Å². The lowest BCUT2D eigenvalue weighted by atomic mass is 10.1. The van der Waals surface area contributed by atoms with E-state index in [-0.39, 0.29) is 5.91 Å². The molecule has 0 aliphatic rings. The fraction of sp³-hybridized carbons (Fsp3) is 0.417. The minimum Gasteiger partial charge on any atom is -0.494 e. The molecule has 0 heterocycles. The highest BCUT2D eigenvalue weighted by atomic mass is 16.5. The van der Waals surface area contributed by atoms with Gasteiger partial charge in [-0.05, 0) is 37.6 Å². The van der Waals surface area contributed by atoms with Gasteiger partial charge >= 0.3 is 0 Å². The highest BCUT2D eigenvalue weighted by Crippen LogP contribution is 2.18. The molecule has 1 aromatic rings. The minimum atomic E-state index is 0.0237. The molecule has 1 aromatic carbocycles. The van der Waals surface area contributed by atoms with Crippen LogP contribution < -0.4 is 4.74 Å². The molecule has 0 aliphatic heterocycles. The molecular weight excluding hydrogens is 190 g/mol. The maximum absolute atomic E-state index is 11.7. The largest absolute Gasteiger partial charge is 0.494 e. The summed E-state index contributed by atoms with van der Waals surface area (Å²) in [6.45, 7) is 4.49. The highest BCUT2D eigenvalue weighted by Gasteiger charge is 2.11. The predicted octanol–water partition coefficient (Wildman–Crippen LogP) is 2.10. The van der Waals surface area contributed by atoms with Crippen LogP contribution >= 0.6 is 0 Å². The van der Waals surface area contributed by atoms with Gasteiger partial charge in [0.1, 0.15) is 5.75 Å². The first-order chi connectivity index (χ1) is 7.06. The second kappa shape index (κ2) is 4.82. The van der Waals surface area contributed by atoms with Crippen molar-refractivity contribution >= 4 is 5.91 Å². The minimum absolute atomic E-state index is 0.0237. The Labute approximate surface area is 90.7 Å². The number of hydrogen-bond donors (Lipinski definition) is 0. The maximum Gasteiger partial charge on any atom is 0.253 e. The smallest absolute Gasteiger partial charge is 0.253 e. The van der Waals surface area contributed by atoms with Crippen LogP contribution in [0.3, 0.4) is 0 Å². The van der Waals surface area contributed by atoms with Gasteiger partial charge in [0, 0.05) is 19.7 Å². The average Bonchev–Trinajstić information content (AvgIpc) is 2.17. The summed E-state index contributed by atoms with van der Waals surface area (Å²) in [7, 11) is 3.50. The molecule has 15 heavy (non-hydrogen) atoms. The number of benzene rings is 1. The van der Waals surface area contributed by atoms with Gasteiger partial charge in [0.2, 0.25) is 0 Å². The van der Waals surface area contributed by atoms with E-state index in [0.717, 1.165) is 16.9 Å². The van der Waals surface area contributed by atoms with E-state index in [0.29, 0.717) is 6.61 Å². The average molecular weight is 207 g/mol. The molecule has 1 amide bonds.